The number of urea groups is 1. The van der Waals surface area contributed by atoms with Crippen LogP contribution in [0.3, 0.4) is 0 Å². The molecule has 6 heteroatoms. The number of thiophene rings is 1. The molecule has 2 aromatic heterocycles. The number of benzene rings is 1. The molecule has 1 aromatic carbocycles. The molecule has 3 aromatic rings. The van der Waals surface area contributed by atoms with E-state index >= 15 is 0 Å². The Morgan fingerprint density at radius 2 is 1.78 bits per heavy atom. The summed E-state index contributed by atoms with van der Waals surface area (Å²) in [7, 11) is 0. The van der Waals surface area contributed by atoms with E-state index in [1.165, 1.54) is 23.2 Å². The van der Waals surface area contributed by atoms with Gasteiger partial charge in [-0.2, -0.15) is 0 Å². The van der Waals surface area contributed by atoms with E-state index in [9.17, 15) is 9.59 Å². The molecule has 0 spiro atoms. The predicted molar refractivity (Wildman–Crippen MR) is 107 cm³/mol. The monoisotopic (exact) mass is 382 g/mol. The van der Waals surface area contributed by atoms with E-state index in [2.05, 4.69) is 31.4 Å². The second-order valence-corrected chi connectivity index (χ2v) is 8.38. The Kier molecular flexibility index (Phi) is 5.46. The Balaban J connectivity index is 1.53. The summed E-state index contributed by atoms with van der Waals surface area (Å²) in [6.07, 6.45) is 1.47. The Morgan fingerprint density at radius 3 is 2.41 bits per heavy atom. The molecular weight excluding hydrogens is 360 g/mol. The number of anilines is 1. The van der Waals surface area contributed by atoms with Gasteiger partial charge in [0.05, 0.1) is 17.7 Å². The lowest BCUT2D eigenvalue weighted by Crippen LogP contribution is -2.27. The van der Waals surface area contributed by atoms with Gasteiger partial charge in [-0.3, -0.25) is 4.79 Å². The molecule has 0 unspecified atom stereocenters. The summed E-state index contributed by atoms with van der Waals surface area (Å²) in [6.45, 7) is 6.79. The van der Waals surface area contributed by atoms with Crippen molar-refractivity contribution in [1.82, 2.24) is 5.32 Å². The number of furan rings is 1. The number of nitrogens with one attached hydrogen (secondary N) is 2. The lowest BCUT2D eigenvalue weighted by atomic mass is 9.87. The molecule has 5 nitrogen and oxygen atoms in total. The maximum atomic E-state index is 12.2. The zero-order valence-corrected chi connectivity index (χ0v) is 16.4. The summed E-state index contributed by atoms with van der Waals surface area (Å²) < 4.78 is 5.13. The summed E-state index contributed by atoms with van der Waals surface area (Å²) in [6, 6.07) is 14.4. The predicted octanol–water partition coefficient (Wildman–Crippen LogP) is 5.19. The van der Waals surface area contributed by atoms with Gasteiger partial charge in [-0.1, -0.05) is 32.9 Å². The minimum atomic E-state index is -0.286. The van der Waals surface area contributed by atoms with E-state index in [0.717, 1.165) is 10.6 Å². The fourth-order valence-electron chi connectivity index (χ4n) is 2.52. The smallest absolute Gasteiger partial charge is 0.319 e. The molecule has 0 aliphatic carbocycles. The van der Waals surface area contributed by atoms with Gasteiger partial charge in [-0.05, 0) is 47.4 Å². The van der Waals surface area contributed by atoms with E-state index in [0.29, 0.717) is 17.2 Å². The number of carbonyl (C=O) groups is 2. The molecule has 27 heavy (non-hydrogen) atoms. The van der Waals surface area contributed by atoms with E-state index < -0.39 is 0 Å². The first-order valence-electron chi connectivity index (χ1n) is 8.65. The van der Waals surface area contributed by atoms with Gasteiger partial charge in [-0.15, -0.1) is 11.3 Å². The zero-order chi connectivity index (χ0) is 19.4. The van der Waals surface area contributed by atoms with Gasteiger partial charge < -0.3 is 15.1 Å². The van der Waals surface area contributed by atoms with Crippen LogP contribution < -0.4 is 10.6 Å². The summed E-state index contributed by atoms with van der Waals surface area (Å²) in [5.74, 6) is 0.160. The molecule has 0 bridgehead atoms. The molecule has 2 N–H and O–H groups in total. The first-order valence-corrected chi connectivity index (χ1v) is 9.47. The molecule has 0 atom stereocenters. The molecular formula is C21H22N2O3S. The first-order chi connectivity index (χ1) is 12.8. The highest BCUT2D eigenvalue weighted by Gasteiger charge is 2.15. The highest BCUT2D eigenvalue weighted by atomic mass is 32.1. The van der Waals surface area contributed by atoms with Crippen LogP contribution in [0.2, 0.25) is 0 Å². The molecule has 3 rings (SSSR count). The third-order valence-electron chi connectivity index (χ3n) is 4.06. The topological polar surface area (TPSA) is 71.3 Å². The maximum absolute atomic E-state index is 12.2. The Bertz CT molecular complexity index is 919. The number of rotatable bonds is 5. The lowest BCUT2D eigenvalue weighted by Gasteiger charge is -2.19. The van der Waals surface area contributed by atoms with Crippen LogP contribution in [0.15, 0.2) is 59.2 Å². The van der Waals surface area contributed by atoms with Crippen molar-refractivity contribution in [1.29, 1.82) is 0 Å². The van der Waals surface area contributed by atoms with Crippen molar-refractivity contribution in [3.05, 3.63) is 75.9 Å². The van der Waals surface area contributed by atoms with Crippen LogP contribution in [0.25, 0.3) is 0 Å². The van der Waals surface area contributed by atoms with Crippen molar-refractivity contribution in [2.75, 3.05) is 5.32 Å². The SMILES string of the molecule is CC(C)(C)c1ccc(NC(=O)NCc2ccc(C(=O)c3ccco3)s2)cc1. The highest BCUT2D eigenvalue weighted by Crippen LogP contribution is 2.23. The molecule has 0 saturated carbocycles. The molecule has 140 valence electrons. The average Bonchev–Trinajstić information content (AvgIpc) is 3.31. The number of hydrogen-bond acceptors (Lipinski definition) is 4. The van der Waals surface area contributed by atoms with Crippen molar-refractivity contribution in [2.45, 2.75) is 32.7 Å². The first kappa shape index (κ1) is 18.9. The van der Waals surface area contributed by atoms with Crippen LogP contribution in [0.1, 0.15) is 46.6 Å². The summed E-state index contributed by atoms with van der Waals surface area (Å²) in [4.78, 5) is 25.8. The maximum Gasteiger partial charge on any atom is 0.319 e. The van der Waals surface area contributed by atoms with E-state index in [1.54, 1.807) is 18.2 Å². The Labute approximate surface area is 162 Å². The number of ketones is 1. The minimum Gasteiger partial charge on any atom is -0.461 e. The zero-order valence-electron chi connectivity index (χ0n) is 15.5. The molecule has 0 saturated heterocycles. The number of hydrogen-bond donors (Lipinski definition) is 2. The van der Waals surface area contributed by atoms with Crippen molar-refractivity contribution < 1.29 is 14.0 Å². The van der Waals surface area contributed by atoms with E-state index in [1.807, 2.05) is 30.3 Å². The number of amides is 2. The van der Waals surface area contributed by atoms with Crippen LogP contribution >= 0.6 is 11.3 Å². The Hall–Kier alpha value is -2.86. The van der Waals surface area contributed by atoms with Gasteiger partial charge in [0.1, 0.15) is 0 Å². The average molecular weight is 382 g/mol. The second-order valence-electron chi connectivity index (χ2n) is 7.21. The van der Waals surface area contributed by atoms with Gasteiger partial charge in [-0.25, -0.2) is 4.79 Å². The fraction of sp³-hybridized carbons (Fsp3) is 0.238. The summed E-state index contributed by atoms with van der Waals surface area (Å²) >= 11 is 1.34. The van der Waals surface area contributed by atoms with Gasteiger partial charge in [0.15, 0.2) is 5.76 Å². The van der Waals surface area contributed by atoms with Crippen molar-refractivity contribution in [2.24, 2.45) is 0 Å². The van der Waals surface area contributed by atoms with Crippen LogP contribution in [-0.2, 0) is 12.0 Å². The molecule has 2 amide bonds. The third-order valence-corrected chi connectivity index (χ3v) is 5.15. The van der Waals surface area contributed by atoms with Crippen LogP contribution in [0.4, 0.5) is 10.5 Å². The summed E-state index contributed by atoms with van der Waals surface area (Å²) in [5, 5.41) is 5.62. The fourth-order valence-corrected chi connectivity index (χ4v) is 3.41. The van der Waals surface area contributed by atoms with Gasteiger partial charge in [0.25, 0.3) is 0 Å². The molecule has 0 aliphatic rings. The van der Waals surface area contributed by atoms with Crippen LogP contribution in [0.5, 0.6) is 0 Å². The highest BCUT2D eigenvalue weighted by molar-refractivity contribution is 7.14. The summed E-state index contributed by atoms with van der Waals surface area (Å²) in [5.41, 5.74) is 2.02. The van der Waals surface area contributed by atoms with Crippen molar-refractivity contribution >= 4 is 28.8 Å². The van der Waals surface area contributed by atoms with Crippen LogP contribution in [0, 0.1) is 0 Å². The minimum absolute atomic E-state index is 0.0742. The quantitative estimate of drug-likeness (QED) is 0.597. The van der Waals surface area contributed by atoms with Crippen molar-refractivity contribution in [3.63, 3.8) is 0 Å². The lowest BCUT2D eigenvalue weighted by molar-refractivity contribution is 0.101. The van der Waals surface area contributed by atoms with Gasteiger partial charge in [0, 0.05) is 10.6 Å². The Morgan fingerprint density at radius 1 is 1.04 bits per heavy atom. The van der Waals surface area contributed by atoms with E-state index in [-0.39, 0.29) is 17.2 Å². The van der Waals surface area contributed by atoms with Gasteiger partial charge in [0.2, 0.25) is 5.78 Å². The van der Waals surface area contributed by atoms with Crippen LogP contribution in [-0.4, -0.2) is 11.8 Å². The molecule has 0 aliphatic heterocycles. The largest absolute Gasteiger partial charge is 0.461 e. The van der Waals surface area contributed by atoms with Gasteiger partial charge >= 0.3 is 6.03 Å². The second kappa shape index (κ2) is 7.80. The molecule has 0 fully saturated rings. The molecule has 2 heterocycles. The normalized spacial score (nSPS) is 11.2. The number of carbonyl (C=O) groups excluding carboxylic acids is 2. The third kappa shape index (κ3) is 4.86. The molecule has 0 radical (unpaired) electrons. The standard InChI is InChI=1S/C21H22N2O3S/c1-21(2,3)14-6-8-15(9-7-14)23-20(25)22-13-16-10-11-18(27-16)19(24)17-5-4-12-26-17/h4-12H,13H2,1-3H3,(H2,22,23,25). The van der Waals surface area contributed by atoms with E-state index in [4.69, 9.17) is 4.42 Å². The van der Waals surface area contributed by atoms with Crippen molar-refractivity contribution in [3.8, 4) is 0 Å².